The Bertz CT molecular complexity index is 449. The van der Waals surface area contributed by atoms with Gasteiger partial charge in [-0.15, -0.1) is 0 Å². The molecule has 3 unspecified atom stereocenters. The summed E-state index contributed by atoms with van der Waals surface area (Å²) >= 11 is 0. The van der Waals surface area contributed by atoms with Crippen LogP contribution in [0.2, 0.25) is 0 Å². The molecule has 1 fully saturated rings. The van der Waals surface area contributed by atoms with Crippen molar-refractivity contribution in [3.63, 3.8) is 0 Å². The second kappa shape index (κ2) is 5.06. The van der Waals surface area contributed by atoms with Crippen LogP contribution in [0.15, 0.2) is 24.3 Å². The van der Waals surface area contributed by atoms with Crippen molar-refractivity contribution in [3.05, 3.63) is 35.6 Å². The zero-order valence-electron chi connectivity index (χ0n) is 10.6. The molecule has 0 aromatic heterocycles. The number of rotatable bonds is 3. The maximum absolute atomic E-state index is 13.7. The molecular formula is C14H18FNO2. The number of likely N-dealkylation sites (tertiary alicyclic amines) is 1. The fourth-order valence-electron chi connectivity index (χ4n) is 2.83. The van der Waals surface area contributed by atoms with E-state index in [0.29, 0.717) is 18.5 Å². The minimum Gasteiger partial charge on any atom is -0.481 e. The number of hydrogen-bond acceptors (Lipinski definition) is 2. The zero-order chi connectivity index (χ0) is 13.3. The molecule has 1 N–H and O–H groups in total. The Hall–Kier alpha value is -1.42. The van der Waals surface area contributed by atoms with Gasteiger partial charge in [-0.2, -0.15) is 0 Å². The van der Waals surface area contributed by atoms with Crippen LogP contribution in [0.25, 0.3) is 0 Å². The van der Waals surface area contributed by atoms with Gasteiger partial charge in [-0.05, 0) is 32.9 Å². The third-order valence-corrected chi connectivity index (χ3v) is 3.97. The molecule has 0 bridgehead atoms. The normalized spacial score (nSPS) is 26.2. The van der Waals surface area contributed by atoms with Crippen molar-refractivity contribution < 1.29 is 14.3 Å². The van der Waals surface area contributed by atoms with Crippen molar-refractivity contribution in [3.8, 4) is 0 Å². The highest BCUT2D eigenvalue weighted by molar-refractivity contribution is 5.71. The lowest BCUT2D eigenvalue weighted by molar-refractivity contribution is -0.142. The lowest BCUT2D eigenvalue weighted by Gasteiger charge is -2.30. The number of carboxylic acid groups (broad SMARTS) is 1. The van der Waals surface area contributed by atoms with Gasteiger partial charge in [0.05, 0.1) is 5.92 Å². The smallest absolute Gasteiger partial charge is 0.308 e. The van der Waals surface area contributed by atoms with Crippen LogP contribution in [0.4, 0.5) is 4.39 Å². The van der Waals surface area contributed by atoms with Gasteiger partial charge in [0.15, 0.2) is 0 Å². The van der Waals surface area contributed by atoms with Crippen LogP contribution in [-0.4, -0.2) is 28.6 Å². The van der Waals surface area contributed by atoms with Gasteiger partial charge in [0.25, 0.3) is 0 Å². The molecule has 18 heavy (non-hydrogen) atoms. The summed E-state index contributed by atoms with van der Waals surface area (Å²) in [5, 5.41) is 9.11. The second-order valence-corrected chi connectivity index (χ2v) is 4.91. The monoisotopic (exact) mass is 251 g/mol. The van der Waals surface area contributed by atoms with Crippen LogP contribution in [0.1, 0.15) is 31.9 Å². The van der Waals surface area contributed by atoms with E-state index in [9.17, 15) is 9.18 Å². The molecule has 1 aromatic rings. The van der Waals surface area contributed by atoms with Gasteiger partial charge in [0.1, 0.15) is 5.82 Å². The Balaban J connectivity index is 2.18. The van der Waals surface area contributed by atoms with E-state index < -0.39 is 5.97 Å². The maximum Gasteiger partial charge on any atom is 0.308 e. The van der Waals surface area contributed by atoms with Crippen molar-refractivity contribution in [1.82, 2.24) is 4.90 Å². The Morgan fingerprint density at radius 1 is 1.50 bits per heavy atom. The van der Waals surface area contributed by atoms with Crippen molar-refractivity contribution in [1.29, 1.82) is 0 Å². The van der Waals surface area contributed by atoms with Crippen molar-refractivity contribution in [2.75, 3.05) is 6.54 Å². The highest BCUT2D eigenvalue weighted by Gasteiger charge is 2.38. The van der Waals surface area contributed by atoms with Crippen LogP contribution >= 0.6 is 0 Å². The van der Waals surface area contributed by atoms with Gasteiger partial charge < -0.3 is 5.11 Å². The lowest BCUT2D eigenvalue weighted by Crippen LogP contribution is -2.35. The molecule has 1 aliphatic rings. The predicted molar refractivity (Wildman–Crippen MR) is 66.7 cm³/mol. The minimum absolute atomic E-state index is 0.0582. The summed E-state index contributed by atoms with van der Waals surface area (Å²) in [7, 11) is 0. The van der Waals surface area contributed by atoms with Crippen molar-refractivity contribution >= 4 is 5.97 Å². The summed E-state index contributed by atoms with van der Waals surface area (Å²) in [5.41, 5.74) is 0.635. The van der Waals surface area contributed by atoms with Gasteiger partial charge in [-0.1, -0.05) is 18.2 Å². The first-order valence-electron chi connectivity index (χ1n) is 6.25. The van der Waals surface area contributed by atoms with Crippen LogP contribution < -0.4 is 0 Å². The first-order valence-corrected chi connectivity index (χ1v) is 6.25. The minimum atomic E-state index is -0.759. The van der Waals surface area contributed by atoms with Crippen LogP contribution in [0, 0.1) is 11.7 Å². The van der Waals surface area contributed by atoms with Gasteiger partial charge in [0.2, 0.25) is 0 Å². The molecular weight excluding hydrogens is 233 g/mol. The summed E-state index contributed by atoms with van der Waals surface area (Å²) in [6.07, 6.45) is 0.634. The average Bonchev–Trinajstić information content (AvgIpc) is 2.71. The summed E-state index contributed by atoms with van der Waals surface area (Å²) in [6.45, 7) is 4.54. The number of carboxylic acids is 1. The van der Waals surface area contributed by atoms with E-state index in [2.05, 4.69) is 4.90 Å². The molecule has 3 nitrogen and oxygen atoms in total. The molecule has 0 amide bonds. The standard InChI is InChI=1S/C14H18FNO2/c1-9(11-5-3-4-6-13(11)15)16-8-7-12(10(16)2)14(17)18/h3-6,9-10,12H,7-8H2,1-2H3,(H,17,18). The molecule has 0 saturated carbocycles. The first kappa shape index (κ1) is 13.0. The average molecular weight is 251 g/mol. The topological polar surface area (TPSA) is 40.5 Å². The second-order valence-electron chi connectivity index (χ2n) is 4.91. The molecule has 1 aromatic carbocycles. The van der Waals surface area contributed by atoms with E-state index in [1.807, 2.05) is 19.9 Å². The summed E-state index contributed by atoms with van der Waals surface area (Å²) in [6, 6.07) is 6.54. The number of benzene rings is 1. The molecule has 1 saturated heterocycles. The molecule has 3 atom stereocenters. The van der Waals surface area contributed by atoms with Crippen molar-refractivity contribution in [2.24, 2.45) is 5.92 Å². The Kier molecular flexibility index (Phi) is 3.66. The maximum atomic E-state index is 13.7. The molecule has 1 heterocycles. The van der Waals surface area contributed by atoms with Crippen LogP contribution in [0.3, 0.4) is 0 Å². The quantitative estimate of drug-likeness (QED) is 0.898. The van der Waals surface area contributed by atoms with E-state index in [1.165, 1.54) is 6.07 Å². The SMILES string of the molecule is CC(c1ccccc1F)N1CCC(C(=O)O)C1C. The fourth-order valence-corrected chi connectivity index (χ4v) is 2.83. The van der Waals surface area contributed by atoms with E-state index in [1.54, 1.807) is 12.1 Å². The Labute approximate surface area is 106 Å². The molecule has 0 spiro atoms. The largest absolute Gasteiger partial charge is 0.481 e. The van der Waals surface area contributed by atoms with Gasteiger partial charge in [0, 0.05) is 17.6 Å². The highest BCUT2D eigenvalue weighted by atomic mass is 19.1. The van der Waals surface area contributed by atoms with E-state index in [-0.39, 0.29) is 23.8 Å². The third kappa shape index (κ3) is 2.25. The number of aliphatic carboxylic acids is 1. The van der Waals surface area contributed by atoms with E-state index >= 15 is 0 Å². The van der Waals surface area contributed by atoms with E-state index in [0.717, 1.165) is 0 Å². The molecule has 98 valence electrons. The molecule has 4 heteroatoms. The Morgan fingerprint density at radius 3 is 2.72 bits per heavy atom. The highest BCUT2D eigenvalue weighted by Crippen LogP contribution is 2.33. The van der Waals surface area contributed by atoms with Gasteiger partial charge in [-0.3, -0.25) is 9.69 Å². The predicted octanol–water partition coefficient (Wildman–Crippen LogP) is 2.68. The fraction of sp³-hybridized carbons (Fsp3) is 0.500. The van der Waals surface area contributed by atoms with Crippen LogP contribution in [0.5, 0.6) is 0 Å². The third-order valence-electron chi connectivity index (χ3n) is 3.97. The molecule has 1 aliphatic heterocycles. The number of nitrogens with zero attached hydrogens (tertiary/aromatic N) is 1. The number of hydrogen-bond donors (Lipinski definition) is 1. The van der Waals surface area contributed by atoms with Gasteiger partial charge >= 0.3 is 5.97 Å². The van der Waals surface area contributed by atoms with E-state index in [4.69, 9.17) is 5.11 Å². The molecule has 0 radical (unpaired) electrons. The summed E-state index contributed by atoms with van der Waals surface area (Å²) in [5.74, 6) is -1.33. The van der Waals surface area contributed by atoms with Gasteiger partial charge in [-0.25, -0.2) is 4.39 Å². The summed E-state index contributed by atoms with van der Waals surface area (Å²) in [4.78, 5) is 13.1. The molecule has 0 aliphatic carbocycles. The Morgan fingerprint density at radius 2 is 2.17 bits per heavy atom. The number of halogens is 1. The summed E-state index contributed by atoms with van der Waals surface area (Å²) < 4.78 is 13.7. The number of carbonyl (C=O) groups is 1. The molecule has 2 rings (SSSR count). The van der Waals surface area contributed by atoms with Crippen LogP contribution in [-0.2, 0) is 4.79 Å². The zero-order valence-corrected chi connectivity index (χ0v) is 10.6. The lowest BCUT2D eigenvalue weighted by atomic mass is 10.0. The first-order chi connectivity index (χ1) is 8.52. The van der Waals surface area contributed by atoms with Crippen molar-refractivity contribution in [2.45, 2.75) is 32.4 Å².